The third-order valence-corrected chi connectivity index (χ3v) is 9.64. The lowest BCUT2D eigenvalue weighted by Crippen LogP contribution is -2.15. The van der Waals surface area contributed by atoms with Gasteiger partial charge in [-0.3, -0.25) is 9.59 Å². The van der Waals surface area contributed by atoms with Crippen LogP contribution in [0.15, 0.2) is 97.1 Å². The predicted molar refractivity (Wildman–Crippen MR) is 221 cm³/mol. The summed E-state index contributed by atoms with van der Waals surface area (Å²) in [5, 5.41) is 0. The molecule has 0 aromatic heterocycles. The van der Waals surface area contributed by atoms with Gasteiger partial charge in [0.15, 0.2) is 0 Å². The number of hydrogen-bond acceptors (Lipinski definition) is 8. The van der Waals surface area contributed by atoms with Crippen molar-refractivity contribution in [1.82, 2.24) is 0 Å². The van der Waals surface area contributed by atoms with Gasteiger partial charge in [0.2, 0.25) is 0 Å². The molecule has 0 aliphatic carbocycles. The summed E-state index contributed by atoms with van der Waals surface area (Å²) in [6.07, 6.45) is 12.0. The number of hydrogen-bond donors (Lipinski definition) is 0. The van der Waals surface area contributed by atoms with Crippen molar-refractivity contribution in [3.05, 3.63) is 108 Å². The van der Waals surface area contributed by atoms with E-state index in [2.05, 4.69) is 13.8 Å². The molecular formula is C48H58O8. The summed E-state index contributed by atoms with van der Waals surface area (Å²) in [4.78, 5) is 50.0. The summed E-state index contributed by atoms with van der Waals surface area (Å²) in [5.41, 5.74) is 4.73. The molecule has 0 unspecified atom stereocenters. The molecule has 0 heterocycles. The van der Waals surface area contributed by atoms with Crippen LogP contribution in [0.3, 0.4) is 0 Å². The quantitative estimate of drug-likeness (QED) is 0.0418. The van der Waals surface area contributed by atoms with Crippen LogP contribution in [-0.4, -0.2) is 36.1 Å². The molecule has 8 nitrogen and oxygen atoms in total. The van der Waals surface area contributed by atoms with Gasteiger partial charge in [-0.05, 0) is 123 Å². The SMILES string of the molecule is CCCCCC[C@H](C)OC(=O)c1ccc(-c2ccc(OC(=O)CCCCC(=O)Oc3ccc(-c4ccc(C(=O)O[C@@H](C)CCCCCC)cc4)cc3)cc2)cc1. The molecule has 0 N–H and O–H groups in total. The van der Waals surface area contributed by atoms with E-state index < -0.39 is 0 Å². The van der Waals surface area contributed by atoms with Crippen molar-refractivity contribution in [2.24, 2.45) is 0 Å². The Morgan fingerprint density at radius 2 is 0.750 bits per heavy atom. The standard InChI is InChI=1S/C48H58O8/c1-5-7-9-11-15-35(3)53-47(51)41-23-19-37(20-24-41)39-27-31-43(32-28-39)55-45(49)17-13-14-18-46(50)56-44-33-29-40(30-34-44)38-21-25-42(26-22-38)48(52)54-36(4)16-12-10-8-6-2/h19-36H,5-18H2,1-4H3/t35-,36-/m0/s1. The average Bonchev–Trinajstić information content (AvgIpc) is 3.20. The van der Waals surface area contributed by atoms with Crippen molar-refractivity contribution in [1.29, 1.82) is 0 Å². The van der Waals surface area contributed by atoms with Gasteiger partial charge in [-0.25, -0.2) is 9.59 Å². The van der Waals surface area contributed by atoms with Gasteiger partial charge in [-0.2, -0.15) is 0 Å². The summed E-state index contributed by atoms with van der Waals surface area (Å²) in [7, 11) is 0. The van der Waals surface area contributed by atoms with Crippen molar-refractivity contribution in [2.45, 2.75) is 130 Å². The molecule has 0 spiro atoms. The Hall–Kier alpha value is -5.24. The highest BCUT2D eigenvalue weighted by molar-refractivity contribution is 5.91. The molecule has 0 fully saturated rings. The van der Waals surface area contributed by atoms with Crippen LogP contribution in [0.2, 0.25) is 0 Å². The monoisotopic (exact) mass is 762 g/mol. The van der Waals surface area contributed by atoms with Crippen LogP contribution in [0, 0.1) is 0 Å². The normalized spacial score (nSPS) is 12.0. The molecule has 8 heteroatoms. The molecular weight excluding hydrogens is 705 g/mol. The first-order valence-corrected chi connectivity index (χ1v) is 20.4. The van der Waals surface area contributed by atoms with E-state index in [0.717, 1.165) is 60.8 Å². The molecule has 298 valence electrons. The van der Waals surface area contributed by atoms with E-state index >= 15 is 0 Å². The van der Waals surface area contributed by atoms with Gasteiger partial charge in [-0.1, -0.05) is 101 Å². The number of rotatable bonds is 23. The fraction of sp³-hybridized carbons (Fsp3) is 0.417. The van der Waals surface area contributed by atoms with Crippen LogP contribution in [0.4, 0.5) is 0 Å². The predicted octanol–water partition coefficient (Wildman–Crippen LogP) is 12.1. The smallest absolute Gasteiger partial charge is 0.338 e. The van der Waals surface area contributed by atoms with Crippen molar-refractivity contribution in [2.75, 3.05) is 0 Å². The van der Waals surface area contributed by atoms with E-state index in [1.54, 1.807) is 48.5 Å². The maximum absolute atomic E-state index is 12.6. The molecule has 4 aromatic rings. The van der Waals surface area contributed by atoms with E-state index in [9.17, 15) is 19.2 Å². The van der Waals surface area contributed by atoms with Crippen LogP contribution >= 0.6 is 0 Å². The third kappa shape index (κ3) is 15.1. The maximum Gasteiger partial charge on any atom is 0.338 e. The Morgan fingerprint density at radius 1 is 0.429 bits per heavy atom. The van der Waals surface area contributed by atoms with Crippen LogP contribution in [0.1, 0.15) is 138 Å². The highest BCUT2D eigenvalue weighted by Gasteiger charge is 2.15. The van der Waals surface area contributed by atoms with Crippen LogP contribution in [0.5, 0.6) is 11.5 Å². The largest absolute Gasteiger partial charge is 0.459 e. The molecule has 0 amide bonds. The topological polar surface area (TPSA) is 105 Å². The van der Waals surface area contributed by atoms with Crippen molar-refractivity contribution < 1.29 is 38.1 Å². The summed E-state index contributed by atoms with van der Waals surface area (Å²) in [5.74, 6) is -0.508. The minimum Gasteiger partial charge on any atom is -0.459 e. The molecule has 0 saturated heterocycles. The Kier molecular flexibility index (Phi) is 18.3. The molecule has 56 heavy (non-hydrogen) atoms. The van der Waals surface area contributed by atoms with E-state index in [0.29, 0.717) is 35.5 Å². The third-order valence-electron chi connectivity index (χ3n) is 9.64. The minimum absolute atomic E-state index is 0.113. The molecule has 0 radical (unpaired) electrons. The van der Waals surface area contributed by atoms with Crippen LogP contribution in [-0.2, 0) is 19.1 Å². The number of unbranched alkanes of at least 4 members (excludes halogenated alkanes) is 7. The first kappa shape index (κ1) is 43.5. The second-order valence-corrected chi connectivity index (χ2v) is 14.5. The lowest BCUT2D eigenvalue weighted by Gasteiger charge is -2.13. The average molecular weight is 763 g/mol. The Labute approximate surface area is 332 Å². The second-order valence-electron chi connectivity index (χ2n) is 14.5. The Morgan fingerprint density at radius 3 is 1.07 bits per heavy atom. The van der Waals surface area contributed by atoms with E-state index in [1.807, 2.05) is 62.4 Å². The lowest BCUT2D eigenvalue weighted by molar-refractivity contribution is -0.136. The van der Waals surface area contributed by atoms with E-state index in [-0.39, 0.29) is 48.9 Å². The fourth-order valence-electron chi connectivity index (χ4n) is 6.27. The number of carbonyl (C=O) groups is 4. The molecule has 0 saturated carbocycles. The van der Waals surface area contributed by atoms with Crippen molar-refractivity contribution in [3.63, 3.8) is 0 Å². The van der Waals surface area contributed by atoms with E-state index in [1.165, 1.54) is 25.7 Å². The van der Waals surface area contributed by atoms with Gasteiger partial charge in [-0.15, -0.1) is 0 Å². The lowest BCUT2D eigenvalue weighted by atomic mass is 10.0. The van der Waals surface area contributed by atoms with Crippen LogP contribution < -0.4 is 9.47 Å². The van der Waals surface area contributed by atoms with Gasteiger partial charge >= 0.3 is 23.9 Å². The number of benzene rings is 4. The summed E-state index contributed by atoms with van der Waals surface area (Å²) >= 11 is 0. The first-order chi connectivity index (χ1) is 27.1. The molecule has 4 aromatic carbocycles. The zero-order chi connectivity index (χ0) is 40.1. The summed E-state index contributed by atoms with van der Waals surface area (Å²) in [6, 6.07) is 29.0. The molecule has 0 aliphatic heterocycles. The van der Waals surface area contributed by atoms with E-state index in [4.69, 9.17) is 18.9 Å². The molecule has 0 aliphatic rings. The number of esters is 4. The van der Waals surface area contributed by atoms with Crippen molar-refractivity contribution >= 4 is 23.9 Å². The molecule has 4 rings (SSSR count). The van der Waals surface area contributed by atoms with Gasteiger partial charge < -0.3 is 18.9 Å². The zero-order valence-electron chi connectivity index (χ0n) is 33.6. The Balaban J connectivity index is 1.12. The highest BCUT2D eigenvalue weighted by atomic mass is 16.6. The summed E-state index contributed by atoms with van der Waals surface area (Å²) < 4.78 is 22.2. The highest BCUT2D eigenvalue weighted by Crippen LogP contribution is 2.26. The number of carbonyl (C=O) groups excluding carboxylic acids is 4. The van der Waals surface area contributed by atoms with Gasteiger partial charge in [0.1, 0.15) is 11.5 Å². The number of ether oxygens (including phenoxy) is 4. The second kappa shape index (κ2) is 23.6. The van der Waals surface area contributed by atoms with Gasteiger partial charge in [0.05, 0.1) is 23.3 Å². The fourth-order valence-corrected chi connectivity index (χ4v) is 6.27. The van der Waals surface area contributed by atoms with Crippen molar-refractivity contribution in [3.8, 4) is 33.8 Å². The zero-order valence-corrected chi connectivity index (χ0v) is 33.6. The minimum atomic E-state index is -0.374. The molecule has 0 bridgehead atoms. The first-order valence-electron chi connectivity index (χ1n) is 20.4. The van der Waals surface area contributed by atoms with Crippen LogP contribution in [0.25, 0.3) is 22.3 Å². The van der Waals surface area contributed by atoms with Gasteiger partial charge in [0.25, 0.3) is 0 Å². The maximum atomic E-state index is 12.6. The molecule has 2 atom stereocenters. The summed E-state index contributed by atoms with van der Waals surface area (Å²) in [6.45, 7) is 8.23. The Bertz CT molecular complexity index is 1660. The van der Waals surface area contributed by atoms with Gasteiger partial charge in [0, 0.05) is 12.8 Å².